The largest absolute Gasteiger partial charge is 0.497 e. The molecular weight excluding hydrogens is 378 g/mol. The van der Waals surface area contributed by atoms with Crippen molar-refractivity contribution in [2.24, 2.45) is 10.2 Å². The maximum atomic E-state index is 12.7. The van der Waals surface area contributed by atoms with Crippen LogP contribution < -0.4 is 14.2 Å². The number of methoxy groups -OCH3 is 2. The molecule has 0 unspecified atom stereocenters. The molecule has 0 spiro atoms. The zero-order valence-corrected chi connectivity index (χ0v) is 16.2. The number of azo groups is 1. The minimum absolute atomic E-state index is 0.0173. The standard InChI is InChI=1S/C20H19N3O4S/c1-26-18-12-13-20(19(14-18)27-2)28(24,25)23-17-10-8-16(9-11-17)22-21-15-6-4-3-5-7-15/h3-14,23H,1-2H3. The molecule has 0 aromatic heterocycles. The third kappa shape index (κ3) is 4.66. The van der Waals surface area contributed by atoms with Crippen molar-refractivity contribution in [3.8, 4) is 11.5 Å². The van der Waals surface area contributed by atoms with E-state index in [9.17, 15) is 8.42 Å². The second-order valence-electron chi connectivity index (χ2n) is 5.70. The lowest BCUT2D eigenvalue weighted by Gasteiger charge is -2.12. The van der Waals surface area contributed by atoms with Crippen LogP contribution in [0.25, 0.3) is 0 Å². The molecule has 0 aliphatic heterocycles. The van der Waals surface area contributed by atoms with Crippen LogP contribution >= 0.6 is 0 Å². The molecule has 144 valence electrons. The molecule has 0 saturated carbocycles. The second-order valence-corrected chi connectivity index (χ2v) is 7.36. The van der Waals surface area contributed by atoms with Gasteiger partial charge < -0.3 is 9.47 Å². The van der Waals surface area contributed by atoms with Gasteiger partial charge in [0.05, 0.1) is 25.6 Å². The Hall–Kier alpha value is -3.39. The smallest absolute Gasteiger partial charge is 0.265 e. The number of hydrogen-bond acceptors (Lipinski definition) is 6. The maximum Gasteiger partial charge on any atom is 0.265 e. The number of anilines is 1. The van der Waals surface area contributed by atoms with Crippen LogP contribution in [0.4, 0.5) is 17.1 Å². The molecule has 28 heavy (non-hydrogen) atoms. The van der Waals surface area contributed by atoms with E-state index in [1.807, 2.05) is 30.3 Å². The Kier molecular flexibility index (Phi) is 5.90. The first-order chi connectivity index (χ1) is 13.5. The summed E-state index contributed by atoms with van der Waals surface area (Å²) in [6, 6.07) is 20.4. The third-order valence-corrected chi connectivity index (χ3v) is 5.24. The zero-order chi connectivity index (χ0) is 20.0. The molecule has 1 N–H and O–H groups in total. The molecule has 3 rings (SSSR count). The fourth-order valence-electron chi connectivity index (χ4n) is 2.41. The van der Waals surface area contributed by atoms with E-state index in [4.69, 9.17) is 9.47 Å². The molecule has 7 nitrogen and oxygen atoms in total. The van der Waals surface area contributed by atoms with Crippen molar-refractivity contribution >= 4 is 27.1 Å². The highest BCUT2D eigenvalue weighted by atomic mass is 32.2. The van der Waals surface area contributed by atoms with Crippen molar-refractivity contribution in [1.82, 2.24) is 0 Å². The van der Waals surface area contributed by atoms with E-state index in [1.54, 1.807) is 30.3 Å². The van der Waals surface area contributed by atoms with Crippen LogP contribution in [-0.2, 0) is 10.0 Å². The van der Waals surface area contributed by atoms with Gasteiger partial charge in [-0.1, -0.05) is 18.2 Å². The summed E-state index contributed by atoms with van der Waals surface area (Å²) < 4.78 is 38.2. The summed E-state index contributed by atoms with van der Waals surface area (Å²) in [6.45, 7) is 0. The Morgan fingerprint density at radius 1 is 0.786 bits per heavy atom. The van der Waals surface area contributed by atoms with E-state index in [0.717, 1.165) is 5.69 Å². The molecule has 0 atom stereocenters. The molecule has 0 fully saturated rings. The van der Waals surface area contributed by atoms with E-state index in [1.165, 1.54) is 26.4 Å². The Morgan fingerprint density at radius 3 is 2.04 bits per heavy atom. The quantitative estimate of drug-likeness (QED) is 0.573. The van der Waals surface area contributed by atoms with E-state index in [-0.39, 0.29) is 10.6 Å². The molecule has 3 aromatic carbocycles. The van der Waals surface area contributed by atoms with Crippen LogP contribution in [0.3, 0.4) is 0 Å². The van der Waals surface area contributed by atoms with Crippen molar-refractivity contribution in [2.75, 3.05) is 18.9 Å². The van der Waals surface area contributed by atoms with Crippen LogP contribution in [0.15, 0.2) is 87.9 Å². The second kappa shape index (κ2) is 8.53. The Labute approximate surface area is 163 Å². The molecule has 0 amide bonds. The van der Waals surface area contributed by atoms with Gasteiger partial charge in [-0.25, -0.2) is 8.42 Å². The number of hydrogen-bond donors (Lipinski definition) is 1. The summed E-state index contributed by atoms with van der Waals surface area (Å²) in [5, 5.41) is 8.26. The highest BCUT2D eigenvalue weighted by Crippen LogP contribution is 2.30. The minimum Gasteiger partial charge on any atom is -0.497 e. The van der Waals surface area contributed by atoms with Crippen molar-refractivity contribution in [3.63, 3.8) is 0 Å². The molecule has 0 saturated heterocycles. The topological polar surface area (TPSA) is 89.4 Å². The van der Waals surface area contributed by atoms with E-state index >= 15 is 0 Å². The average Bonchev–Trinajstić information content (AvgIpc) is 2.73. The monoisotopic (exact) mass is 397 g/mol. The maximum absolute atomic E-state index is 12.7. The normalized spacial score (nSPS) is 11.4. The molecule has 3 aromatic rings. The molecule has 8 heteroatoms. The van der Waals surface area contributed by atoms with Crippen LogP contribution in [0.5, 0.6) is 11.5 Å². The van der Waals surface area contributed by atoms with Crippen LogP contribution in [0.2, 0.25) is 0 Å². The summed E-state index contributed by atoms with van der Waals surface area (Å²) in [7, 11) is -0.933. The number of nitrogens with one attached hydrogen (secondary N) is 1. The predicted molar refractivity (Wildman–Crippen MR) is 107 cm³/mol. The third-order valence-electron chi connectivity index (χ3n) is 3.82. The highest BCUT2D eigenvalue weighted by Gasteiger charge is 2.20. The van der Waals surface area contributed by atoms with Gasteiger partial charge in [0.15, 0.2) is 0 Å². The van der Waals surface area contributed by atoms with Crippen molar-refractivity contribution < 1.29 is 17.9 Å². The minimum atomic E-state index is -3.83. The summed E-state index contributed by atoms with van der Waals surface area (Å²) in [6.07, 6.45) is 0. The van der Waals surface area contributed by atoms with Crippen molar-refractivity contribution in [1.29, 1.82) is 0 Å². The zero-order valence-electron chi connectivity index (χ0n) is 15.4. The van der Waals surface area contributed by atoms with E-state index in [2.05, 4.69) is 15.0 Å². The fraction of sp³-hybridized carbons (Fsp3) is 0.100. The van der Waals surface area contributed by atoms with Gasteiger partial charge in [0.1, 0.15) is 16.4 Å². The SMILES string of the molecule is COc1ccc(S(=O)(=O)Nc2ccc(N=Nc3ccccc3)cc2)c(OC)c1. The number of benzene rings is 3. The molecular formula is C20H19N3O4S. The Bertz CT molecular complexity index is 1070. The summed E-state index contributed by atoms with van der Waals surface area (Å²) in [5.74, 6) is 0.698. The lowest BCUT2D eigenvalue weighted by molar-refractivity contribution is 0.386. The van der Waals surface area contributed by atoms with Gasteiger partial charge in [0, 0.05) is 11.8 Å². The number of sulfonamides is 1. The number of ether oxygens (including phenoxy) is 2. The highest BCUT2D eigenvalue weighted by molar-refractivity contribution is 7.92. The van der Waals surface area contributed by atoms with Gasteiger partial charge in [-0.3, -0.25) is 4.72 Å². The lowest BCUT2D eigenvalue weighted by Crippen LogP contribution is -2.14. The van der Waals surface area contributed by atoms with Gasteiger partial charge in [-0.2, -0.15) is 10.2 Å². The Balaban J connectivity index is 1.77. The molecule has 0 radical (unpaired) electrons. The fourth-order valence-corrected chi connectivity index (χ4v) is 3.62. The molecule has 0 bridgehead atoms. The van der Waals surface area contributed by atoms with E-state index in [0.29, 0.717) is 17.1 Å². The average molecular weight is 397 g/mol. The van der Waals surface area contributed by atoms with Gasteiger partial charge in [-0.15, -0.1) is 0 Å². The number of rotatable bonds is 7. The molecule has 0 heterocycles. The molecule has 0 aliphatic carbocycles. The van der Waals surface area contributed by atoms with Gasteiger partial charge in [0.25, 0.3) is 10.0 Å². The van der Waals surface area contributed by atoms with Crippen molar-refractivity contribution in [2.45, 2.75) is 4.90 Å². The number of nitrogens with zero attached hydrogens (tertiary/aromatic N) is 2. The molecule has 0 aliphatic rings. The van der Waals surface area contributed by atoms with E-state index < -0.39 is 10.0 Å². The van der Waals surface area contributed by atoms with Gasteiger partial charge >= 0.3 is 0 Å². The predicted octanol–water partition coefficient (Wildman–Crippen LogP) is 4.92. The summed E-state index contributed by atoms with van der Waals surface area (Å²) in [5.41, 5.74) is 1.74. The first-order valence-corrected chi connectivity index (χ1v) is 9.82. The van der Waals surface area contributed by atoms with Crippen LogP contribution in [-0.4, -0.2) is 22.6 Å². The van der Waals surface area contributed by atoms with Gasteiger partial charge in [0.2, 0.25) is 0 Å². The van der Waals surface area contributed by atoms with Crippen molar-refractivity contribution in [3.05, 3.63) is 72.8 Å². The van der Waals surface area contributed by atoms with Crippen LogP contribution in [0, 0.1) is 0 Å². The Morgan fingerprint density at radius 2 is 1.43 bits per heavy atom. The summed E-state index contributed by atoms with van der Waals surface area (Å²) >= 11 is 0. The van der Waals surface area contributed by atoms with Gasteiger partial charge in [-0.05, 0) is 48.5 Å². The first-order valence-electron chi connectivity index (χ1n) is 8.33. The lowest BCUT2D eigenvalue weighted by atomic mass is 10.3. The summed E-state index contributed by atoms with van der Waals surface area (Å²) in [4.78, 5) is 0.0173. The van der Waals surface area contributed by atoms with Crippen LogP contribution in [0.1, 0.15) is 0 Å². The first kappa shape index (κ1) is 19.4.